The third-order valence-corrected chi connectivity index (χ3v) is 6.68. The van der Waals surface area contributed by atoms with Crippen LogP contribution >= 0.6 is 0 Å². The molecule has 2 aliphatic rings. The average molecular weight is 428 g/mol. The number of imidazole rings is 1. The van der Waals surface area contributed by atoms with Crippen molar-refractivity contribution in [2.45, 2.75) is 56.9 Å². The summed E-state index contributed by atoms with van der Waals surface area (Å²) in [5.41, 5.74) is 1.14. The predicted octanol–water partition coefficient (Wildman–Crippen LogP) is 3.34. The molecule has 3 aromatic rings. The molecule has 4 heterocycles. The van der Waals surface area contributed by atoms with E-state index in [9.17, 15) is 13.6 Å². The maximum Gasteiger partial charge on any atom is 0.276 e. The summed E-state index contributed by atoms with van der Waals surface area (Å²) in [4.78, 5) is 26.8. The van der Waals surface area contributed by atoms with Gasteiger partial charge in [-0.1, -0.05) is 13.0 Å². The summed E-state index contributed by atoms with van der Waals surface area (Å²) in [6, 6.07) is 5.89. The minimum absolute atomic E-state index is 0.0757. The van der Waals surface area contributed by atoms with Crippen molar-refractivity contribution in [2.24, 2.45) is 5.92 Å². The van der Waals surface area contributed by atoms with Crippen LogP contribution in [-0.2, 0) is 6.54 Å². The first-order chi connectivity index (χ1) is 14.9. The molecule has 0 amide bonds. The number of likely N-dealkylation sites (tertiary alicyclic amines) is 1. The Morgan fingerprint density at radius 3 is 2.74 bits per heavy atom. The van der Waals surface area contributed by atoms with Gasteiger partial charge in [0, 0.05) is 50.5 Å². The second-order valence-corrected chi connectivity index (χ2v) is 8.98. The first-order valence-corrected chi connectivity index (χ1v) is 10.9. The van der Waals surface area contributed by atoms with Gasteiger partial charge in [0.05, 0.1) is 11.9 Å². The second kappa shape index (κ2) is 7.78. The Morgan fingerprint density at radius 1 is 1.19 bits per heavy atom. The van der Waals surface area contributed by atoms with Gasteiger partial charge in [-0.3, -0.25) is 14.7 Å². The van der Waals surface area contributed by atoms with Gasteiger partial charge < -0.3 is 4.98 Å². The van der Waals surface area contributed by atoms with Crippen LogP contribution in [0.25, 0.3) is 5.52 Å². The normalized spacial score (nSPS) is 24.7. The molecule has 2 atom stereocenters. The number of H-pyrrole nitrogens is 1. The number of aromatic amines is 1. The highest BCUT2D eigenvalue weighted by Crippen LogP contribution is 2.40. The molecule has 9 heteroatoms. The van der Waals surface area contributed by atoms with Crippen molar-refractivity contribution in [3.8, 4) is 0 Å². The van der Waals surface area contributed by atoms with Crippen molar-refractivity contribution in [3.63, 3.8) is 0 Å². The van der Waals surface area contributed by atoms with Crippen molar-refractivity contribution >= 4 is 5.52 Å². The Labute approximate surface area is 178 Å². The Balaban J connectivity index is 1.41. The minimum Gasteiger partial charge on any atom is -0.307 e. The molecule has 31 heavy (non-hydrogen) atoms. The zero-order valence-corrected chi connectivity index (χ0v) is 17.5. The van der Waals surface area contributed by atoms with Crippen LogP contribution in [0, 0.1) is 5.92 Å². The first kappa shape index (κ1) is 20.2. The summed E-state index contributed by atoms with van der Waals surface area (Å²) in [5.74, 6) is -1.07. The van der Waals surface area contributed by atoms with Crippen LogP contribution in [0.5, 0.6) is 0 Å². The van der Waals surface area contributed by atoms with Crippen molar-refractivity contribution in [2.75, 3.05) is 13.1 Å². The van der Waals surface area contributed by atoms with E-state index in [2.05, 4.69) is 26.8 Å². The lowest BCUT2D eigenvalue weighted by Crippen LogP contribution is -2.26. The minimum atomic E-state index is -2.60. The number of nitrogens with one attached hydrogen (secondary N) is 1. The van der Waals surface area contributed by atoms with Gasteiger partial charge in [-0.2, -0.15) is 5.10 Å². The lowest BCUT2D eigenvalue weighted by Gasteiger charge is -2.27. The smallest absolute Gasteiger partial charge is 0.276 e. The molecule has 1 aliphatic carbocycles. The van der Waals surface area contributed by atoms with E-state index >= 15 is 0 Å². The standard InChI is InChI=1S/C22H26F2N6O/c1-14-11-29(12-16-4-2-3-9-25-16)13-17(14)19-27-21(31)18-10-26-20(30(18)28-19)15-5-7-22(23,24)8-6-15/h2-4,9-10,14-15,17H,5-8,11-13H2,1H3,(H,27,28,31). The monoisotopic (exact) mass is 428 g/mol. The van der Waals surface area contributed by atoms with Gasteiger partial charge in [-0.05, 0) is 30.9 Å². The Bertz CT molecular complexity index is 1120. The zero-order valence-electron chi connectivity index (χ0n) is 17.5. The number of pyridine rings is 1. The molecule has 1 aliphatic heterocycles. The summed E-state index contributed by atoms with van der Waals surface area (Å²) < 4.78 is 28.8. The molecule has 0 bridgehead atoms. The fourth-order valence-electron chi connectivity index (χ4n) is 4.95. The summed E-state index contributed by atoms with van der Waals surface area (Å²) in [6.07, 6.45) is 3.71. The Kier molecular flexibility index (Phi) is 5.08. The predicted molar refractivity (Wildman–Crippen MR) is 111 cm³/mol. The van der Waals surface area contributed by atoms with Crippen LogP contribution in [0.15, 0.2) is 35.4 Å². The van der Waals surface area contributed by atoms with Crippen LogP contribution in [-0.4, -0.2) is 48.5 Å². The maximum absolute atomic E-state index is 13.6. The highest BCUT2D eigenvalue weighted by atomic mass is 19.3. The quantitative estimate of drug-likeness (QED) is 0.690. The molecule has 7 nitrogen and oxygen atoms in total. The van der Waals surface area contributed by atoms with Gasteiger partial charge in [-0.15, -0.1) is 0 Å². The average Bonchev–Trinajstić information content (AvgIpc) is 3.32. The van der Waals surface area contributed by atoms with Crippen molar-refractivity contribution in [1.29, 1.82) is 0 Å². The molecular formula is C22H26F2N6O. The Hall–Kier alpha value is -2.68. The van der Waals surface area contributed by atoms with Gasteiger partial charge in [0.2, 0.25) is 5.92 Å². The van der Waals surface area contributed by atoms with Crippen molar-refractivity contribution in [3.05, 3.63) is 58.3 Å². The molecule has 1 saturated carbocycles. The molecule has 2 fully saturated rings. The van der Waals surface area contributed by atoms with Crippen molar-refractivity contribution in [1.82, 2.24) is 29.5 Å². The van der Waals surface area contributed by atoms with Crippen LogP contribution in [0.1, 0.15) is 61.8 Å². The number of hydrogen-bond donors (Lipinski definition) is 1. The molecule has 5 rings (SSSR count). The van der Waals surface area contributed by atoms with E-state index < -0.39 is 5.92 Å². The van der Waals surface area contributed by atoms with E-state index in [1.807, 2.05) is 18.2 Å². The molecule has 1 saturated heterocycles. The van der Waals surface area contributed by atoms with E-state index in [0.717, 1.165) is 25.3 Å². The molecule has 0 spiro atoms. The first-order valence-electron chi connectivity index (χ1n) is 10.9. The van der Waals surface area contributed by atoms with Gasteiger partial charge in [0.15, 0.2) is 5.52 Å². The lowest BCUT2D eigenvalue weighted by atomic mass is 9.86. The summed E-state index contributed by atoms with van der Waals surface area (Å²) in [7, 11) is 0. The Morgan fingerprint density at radius 2 is 2.00 bits per heavy atom. The highest BCUT2D eigenvalue weighted by Gasteiger charge is 2.37. The zero-order chi connectivity index (χ0) is 21.6. The molecule has 0 radical (unpaired) electrons. The number of halogens is 2. The third kappa shape index (κ3) is 3.98. The molecule has 3 aromatic heterocycles. The topological polar surface area (TPSA) is 79.2 Å². The van der Waals surface area contributed by atoms with E-state index in [0.29, 0.717) is 35.9 Å². The number of hydrogen-bond acceptors (Lipinski definition) is 5. The van der Waals surface area contributed by atoms with E-state index in [1.165, 1.54) is 6.20 Å². The molecule has 1 N–H and O–H groups in total. The SMILES string of the molecule is CC1CN(Cc2ccccn2)CC1c1nn2c(C3CCC(F)(F)CC3)ncc2c(=O)[nH]1. The lowest BCUT2D eigenvalue weighted by molar-refractivity contribution is -0.0388. The fraction of sp³-hybridized carbons (Fsp3) is 0.545. The van der Waals surface area contributed by atoms with E-state index in [4.69, 9.17) is 5.10 Å². The molecule has 0 aromatic carbocycles. The van der Waals surface area contributed by atoms with Crippen LogP contribution in [0.3, 0.4) is 0 Å². The van der Waals surface area contributed by atoms with E-state index in [-0.39, 0.29) is 30.2 Å². The third-order valence-electron chi connectivity index (χ3n) is 6.68. The fourth-order valence-corrected chi connectivity index (χ4v) is 4.95. The van der Waals surface area contributed by atoms with E-state index in [1.54, 1.807) is 10.7 Å². The summed E-state index contributed by atoms with van der Waals surface area (Å²) >= 11 is 0. The van der Waals surface area contributed by atoms with Gasteiger partial charge in [0.25, 0.3) is 5.56 Å². The number of aromatic nitrogens is 5. The number of rotatable bonds is 4. The largest absolute Gasteiger partial charge is 0.307 e. The molecule has 2 unspecified atom stereocenters. The van der Waals surface area contributed by atoms with Gasteiger partial charge >= 0.3 is 0 Å². The number of alkyl halides is 2. The van der Waals surface area contributed by atoms with Crippen LogP contribution in [0.2, 0.25) is 0 Å². The number of fused-ring (bicyclic) bond motifs is 1. The van der Waals surface area contributed by atoms with Gasteiger partial charge in [-0.25, -0.2) is 18.3 Å². The van der Waals surface area contributed by atoms with Crippen LogP contribution in [0.4, 0.5) is 8.78 Å². The van der Waals surface area contributed by atoms with Crippen LogP contribution < -0.4 is 5.56 Å². The molecule has 164 valence electrons. The number of nitrogens with zero attached hydrogens (tertiary/aromatic N) is 5. The second-order valence-electron chi connectivity index (χ2n) is 8.98. The van der Waals surface area contributed by atoms with Crippen molar-refractivity contribution < 1.29 is 8.78 Å². The van der Waals surface area contributed by atoms with Gasteiger partial charge in [0.1, 0.15) is 11.6 Å². The maximum atomic E-state index is 13.6. The summed E-state index contributed by atoms with van der Waals surface area (Å²) in [6.45, 7) is 4.56. The highest BCUT2D eigenvalue weighted by molar-refractivity contribution is 5.42. The molecular weight excluding hydrogens is 402 g/mol. The summed E-state index contributed by atoms with van der Waals surface area (Å²) in [5, 5.41) is 4.75.